The van der Waals surface area contributed by atoms with Crippen molar-refractivity contribution in [1.29, 1.82) is 0 Å². The fraction of sp³-hybridized carbons (Fsp3) is 1.00. The zero-order valence-electron chi connectivity index (χ0n) is 12.6. The molecule has 0 radical (unpaired) electrons. The van der Waals surface area contributed by atoms with Gasteiger partial charge in [0.25, 0.3) is 0 Å². The van der Waals surface area contributed by atoms with Crippen LogP contribution in [-0.2, 0) is 0 Å². The highest BCUT2D eigenvalue weighted by Gasteiger charge is 2.36. The minimum Gasteiger partial charge on any atom is -0.313 e. The molecule has 3 atom stereocenters. The van der Waals surface area contributed by atoms with Crippen molar-refractivity contribution in [2.24, 2.45) is 0 Å². The third-order valence-corrected chi connectivity index (χ3v) is 5.53. The van der Waals surface area contributed by atoms with Gasteiger partial charge in [-0.05, 0) is 38.8 Å². The van der Waals surface area contributed by atoms with E-state index in [0.29, 0.717) is 0 Å². The maximum absolute atomic E-state index is 3.78. The van der Waals surface area contributed by atoms with Gasteiger partial charge in [-0.1, -0.05) is 26.2 Å². The molecule has 110 valence electrons. The van der Waals surface area contributed by atoms with Crippen LogP contribution in [0.2, 0.25) is 0 Å². The van der Waals surface area contributed by atoms with E-state index >= 15 is 0 Å². The van der Waals surface area contributed by atoms with E-state index in [4.69, 9.17) is 0 Å². The average Bonchev–Trinajstić information content (AvgIpc) is 2.77. The highest BCUT2D eigenvalue weighted by Crippen LogP contribution is 2.28. The van der Waals surface area contributed by atoms with E-state index in [1.165, 1.54) is 71.1 Å². The van der Waals surface area contributed by atoms with Gasteiger partial charge in [0.2, 0.25) is 0 Å². The summed E-state index contributed by atoms with van der Waals surface area (Å²) in [6.07, 6.45) is 10.00. The van der Waals surface area contributed by atoms with E-state index in [0.717, 1.165) is 24.7 Å². The molecule has 3 heteroatoms. The van der Waals surface area contributed by atoms with Gasteiger partial charge in [-0.2, -0.15) is 0 Å². The summed E-state index contributed by atoms with van der Waals surface area (Å²) in [6.45, 7) is 8.72. The number of hydrogen-bond acceptors (Lipinski definition) is 3. The minimum absolute atomic E-state index is 0.750. The Kier molecular flexibility index (Phi) is 4.78. The molecule has 2 heterocycles. The number of nitrogens with zero attached hydrogens (tertiary/aromatic N) is 2. The average molecular weight is 265 g/mol. The summed E-state index contributed by atoms with van der Waals surface area (Å²) in [7, 11) is 0. The highest BCUT2D eigenvalue weighted by atomic mass is 15.3. The number of nitrogens with one attached hydrogen (secondary N) is 1. The van der Waals surface area contributed by atoms with Crippen LogP contribution in [-0.4, -0.2) is 60.6 Å². The molecule has 0 bridgehead atoms. The normalized spacial score (nSPS) is 38.1. The van der Waals surface area contributed by atoms with Crippen LogP contribution in [0.5, 0.6) is 0 Å². The highest BCUT2D eigenvalue weighted by molar-refractivity contribution is 4.93. The van der Waals surface area contributed by atoms with Gasteiger partial charge in [-0.3, -0.25) is 9.80 Å². The maximum Gasteiger partial charge on any atom is 0.0250 e. The Labute approximate surface area is 118 Å². The molecule has 1 N–H and O–H groups in total. The molecule has 3 nitrogen and oxygen atoms in total. The van der Waals surface area contributed by atoms with Gasteiger partial charge in [0.05, 0.1) is 0 Å². The molecule has 1 saturated carbocycles. The molecule has 3 rings (SSSR count). The van der Waals surface area contributed by atoms with Gasteiger partial charge in [0.1, 0.15) is 0 Å². The van der Waals surface area contributed by atoms with Crippen LogP contribution in [0.15, 0.2) is 0 Å². The van der Waals surface area contributed by atoms with E-state index in [2.05, 4.69) is 22.0 Å². The zero-order valence-corrected chi connectivity index (χ0v) is 12.6. The molecular formula is C16H31N3. The Bertz CT molecular complexity index is 281. The Hall–Kier alpha value is -0.120. The van der Waals surface area contributed by atoms with Crippen LogP contribution in [0.25, 0.3) is 0 Å². The Balaban J connectivity index is 1.64. The van der Waals surface area contributed by atoms with Crippen molar-refractivity contribution < 1.29 is 0 Å². The first-order valence-corrected chi connectivity index (χ1v) is 8.60. The van der Waals surface area contributed by atoms with E-state index in [-0.39, 0.29) is 0 Å². The molecule has 0 amide bonds. The lowest BCUT2D eigenvalue weighted by Gasteiger charge is -2.44. The smallest absolute Gasteiger partial charge is 0.0250 e. The van der Waals surface area contributed by atoms with E-state index in [1.807, 2.05) is 0 Å². The second-order valence-electron chi connectivity index (χ2n) is 6.70. The number of piperazine rings is 1. The third-order valence-electron chi connectivity index (χ3n) is 5.53. The summed E-state index contributed by atoms with van der Waals surface area (Å²) in [5, 5.41) is 3.78. The molecule has 2 saturated heterocycles. The summed E-state index contributed by atoms with van der Waals surface area (Å²) < 4.78 is 0. The molecule has 0 aromatic carbocycles. The van der Waals surface area contributed by atoms with Crippen molar-refractivity contribution >= 4 is 0 Å². The lowest BCUT2D eigenvalue weighted by atomic mass is 9.99. The van der Waals surface area contributed by atoms with Crippen LogP contribution in [0, 0.1) is 0 Å². The molecule has 0 spiro atoms. The van der Waals surface area contributed by atoms with Crippen molar-refractivity contribution in [2.45, 2.75) is 70.0 Å². The van der Waals surface area contributed by atoms with Gasteiger partial charge in [0, 0.05) is 37.8 Å². The first-order valence-electron chi connectivity index (χ1n) is 8.60. The maximum atomic E-state index is 3.78. The van der Waals surface area contributed by atoms with Gasteiger partial charge >= 0.3 is 0 Å². The first-order chi connectivity index (χ1) is 9.38. The summed E-state index contributed by atoms with van der Waals surface area (Å²) in [5.74, 6) is 0. The van der Waals surface area contributed by atoms with Gasteiger partial charge in [0.15, 0.2) is 0 Å². The standard InChI is InChI=1S/C16H31N3/c1-2-17-15-8-4-3-5-9-16(15)19-12-11-18-10-6-7-14(18)13-19/h14-17H,2-13H2,1H3. The number of rotatable bonds is 3. The van der Waals surface area contributed by atoms with Crippen molar-refractivity contribution in [3.8, 4) is 0 Å². The summed E-state index contributed by atoms with van der Waals surface area (Å²) in [6, 6.07) is 2.44. The third kappa shape index (κ3) is 3.14. The lowest BCUT2D eigenvalue weighted by Crippen LogP contribution is -2.58. The Morgan fingerprint density at radius 3 is 2.63 bits per heavy atom. The molecule has 3 aliphatic rings. The van der Waals surface area contributed by atoms with Gasteiger partial charge in [-0.15, -0.1) is 0 Å². The predicted octanol–water partition coefficient (Wildman–Crippen LogP) is 2.08. The Morgan fingerprint density at radius 2 is 1.74 bits per heavy atom. The SMILES string of the molecule is CCNC1CCCCCC1N1CCN2CCCC2C1. The predicted molar refractivity (Wildman–Crippen MR) is 80.5 cm³/mol. The topological polar surface area (TPSA) is 18.5 Å². The van der Waals surface area contributed by atoms with Crippen LogP contribution in [0.1, 0.15) is 51.9 Å². The first kappa shape index (κ1) is 13.8. The molecule has 2 aliphatic heterocycles. The van der Waals surface area contributed by atoms with Crippen LogP contribution < -0.4 is 5.32 Å². The molecular weight excluding hydrogens is 234 g/mol. The Morgan fingerprint density at radius 1 is 0.895 bits per heavy atom. The van der Waals surface area contributed by atoms with E-state index < -0.39 is 0 Å². The fourth-order valence-corrected chi connectivity index (χ4v) is 4.54. The zero-order chi connectivity index (χ0) is 13.1. The summed E-state index contributed by atoms with van der Waals surface area (Å²) in [4.78, 5) is 5.57. The molecule has 1 aliphatic carbocycles. The number of fused-ring (bicyclic) bond motifs is 1. The minimum atomic E-state index is 0.750. The van der Waals surface area contributed by atoms with Crippen molar-refractivity contribution in [3.05, 3.63) is 0 Å². The van der Waals surface area contributed by atoms with E-state index in [9.17, 15) is 0 Å². The van der Waals surface area contributed by atoms with Crippen molar-refractivity contribution in [2.75, 3.05) is 32.7 Å². The van der Waals surface area contributed by atoms with Crippen LogP contribution in [0.4, 0.5) is 0 Å². The molecule has 3 fully saturated rings. The van der Waals surface area contributed by atoms with Crippen LogP contribution in [0.3, 0.4) is 0 Å². The lowest BCUT2D eigenvalue weighted by molar-refractivity contribution is 0.0539. The molecule has 0 aromatic heterocycles. The largest absolute Gasteiger partial charge is 0.313 e. The van der Waals surface area contributed by atoms with Crippen molar-refractivity contribution in [3.63, 3.8) is 0 Å². The molecule has 0 aromatic rings. The number of likely N-dealkylation sites (N-methyl/N-ethyl adjacent to an activating group) is 1. The second kappa shape index (κ2) is 6.55. The number of hydrogen-bond donors (Lipinski definition) is 1. The molecule has 19 heavy (non-hydrogen) atoms. The molecule has 3 unspecified atom stereocenters. The second-order valence-corrected chi connectivity index (χ2v) is 6.70. The van der Waals surface area contributed by atoms with Gasteiger partial charge in [-0.25, -0.2) is 0 Å². The fourth-order valence-electron chi connectivity index (χ4n) is 4.54. The van der Waals surface area contributed by atoms with Gasteiger partial charge < -0.3 is 5.32 Å². The summed E-state index contributed by atoms with van der Waals surface area (Å²) >= 11 is 0. The quantitative estimate of drug-likeness (QED) is 0.788. The summed E-state index contributed by atoms with van der Waals surface area (Å²) in [5.41, 5.74) is 0. The van der Waals surface area contributed by atoms with E-state index in [1.54, 1.807) is 0 Å². The van der Waals surface area contributed by atoms with Crippen molar-refractivity contribution in [1.82, 2.24) is 15.1 Å². The van der Waals surface area contributed by atoms with Crippen LogP contribution >= 0.6 is 0 Å². The monoisotopic (exact) mass is 265 g/mol.